The number of hydrogen-bond acceptors (Lipinski definition) is 9. The van der Waals surface area contributed by atoms with Gasteiger partial charge in [-0.3, -0.25) is 10.1 Å². The predicted octanol–water partition coefficient (Wildman–Crippen LogP) is 3.04. The number of nitro groups is 1. The van der Waals surface area contributed by atoms with Crippen LogP contribution in [-0.4, -0.2) is 81.7 Å². The summed E-state index contributed by atoms with van der Waals surface area (Å²) in [6.07, 6.45) is 4.57. The Morgan fingerprint density at radius 2 is 2.03 bits per heavy atom. The number of nitrogens with one attached hydrogen (secondary N) is 1. The Labute approximate surface area is 209 Å². The molecule has 12 nitrogen and oxygen atoms in total. The van der Waals surface area contributed by atoms with E-state index in [1.165, 1.54) is 12.1 Å². The molecule has 2 atom stereocenters. The highest BCUT2D eigenvalue weighted by Crippen LogP contribution is 2.31. The lowest BCUT2D eigenvalue weighted by Crippen LogP contribution is -2.43. The number of hydrogen-bond donors (Lipinski definition) is 1. The van der Waals surface area contributed by atoms with E-state index in [1.54, 1.807) is 12.3 Å². The summed E-state index contributed by atoms with van der Waals surface area (Å²) in [5.74, 6) is 2.00. The summed E-state index contributed by atoms with van der Waals surface area (Å²) < 4.78 is 1.98. The lowest BCUT2D eigenvalue weighted by Gasteiger charge is -2.34. The van der Waals surface area contributed by atoms with E-state index in [4.69, 9.17) is 16.5 Å². The average Bonchev–Trinajstić information content (AvgIpc) is 3.49. The van der Waals surface area contributed by atoms with Gasteiger partial charge in [0.1, 0.15) is 5.82 Å². The van der Waals surface area contributed by atoms with Crippen LogP contribution in [-0.2, 0) is 7.05 Å². The second-order valence-electron chi connectivity index (χ2n) is 9.70. The molecule has 0 radical (unpaired) electrons. The zero-order valence-corrected chi connectivity index (χ0v) is 20.8. The molecule has 3 aromatic rings. The molecule has 2 aliphatic rings. The molecule has 5 rings (SSSR count). The predicted molar refractivity (Wildman–Crippen MR) is 139 cm³/mol. The third kappa shape index (κ3) is 4.49. The number of imidazole rings is 1. The van der Waals surface area contributed by atoms with Crippen LogP contribution in [0.4, 0.5) is 29.1 Å². The molecule has 0 amide bonds. The highest BCUT2D eigenvalue weighted by molar-refractivity contribution is 5.81. The highest BCUT2D eigenvalue weighted by Gasteiger charge is 2.28. The van der Waals surface area contributed by atoms with E-state index in [1.807, 2.05) is 11.6 Å². The molecule has 0 aliphatic carbocycles. The number of nitrogens with zero attached hydrogens (tertiary/aromatic N) is 9. The molecule has 4 heterocycles. The van der Waals surface area contributed by atoms with Gasteiger partial charge in [-0.05, 0) is 39.4 Å². The van der Waals surface area contributed by atoms with Crippen LogP contribution < -0.4 is 15.1 Å². The molecule has 0 unspecified atom stereocenters. The number of anilines is 3. The Kier molecular flexibility index (Phi) is 6.32. The molecule has 2 aromatic heterocycles. The fourth-order valence-electron chi connectivity index (χ4n) is 5.13. The second-order valence-corrected chi connectivity index (χ2v) is 9.70. The van der Waals surface area contributed by atoms with Crippen molar-refractivity contribution in [2.75, 3.05) is 55.4 Å². The lowest BCUT2D eigenvalue weighted by atomic mass is 10.1. The molecular formula is C24H30N10O2. The van der Waals surface area contributed by atoms with Gasteiger partial charge in [-0.1, -0.05) is 0 Å². The van der Waals surface area contributed by atoms with Crippen molar-refractivity contribution in [2.24, 2.45) is 7.05 Å². The minimum atomic E-state index is -0.398. The van der Waals surface area contributed by atoms with Crippen LogP contribution >= 0.6 is 0 Å². The normalized spacial score (nSPS) is 20.2. The standard InChI is InChI=1S/C24H30N10O2/c1-25-20-13-26-23(29-22(20)32-11-9-18(15-32)30(2)3)27-16-6-5-10-33(14-16)24-28-19-12-17(34(35)36)7-8-21(19)31(24)4/h7-8,12-13,16,18H,5-6,9-11,14-15H2,2-4H3,(H,26,27,29)/t16-,18-/m1/s1. The first kappa shape index (κ1) is 23.7. The van der Waals surface area contributed by atoms with Gasteiger partial charge >= 0.3 is 0 Å². The SMILES string of the molecule is [C-]#[N+]c1cnc(N[C@@H]2CCCN(c3nc4cc([N+](=O)[O-])ccc4n3C)C2)nc1N1CC[C@@H](N(C)C)C1. The summed E-state index contributed by atoms with van der Waals surface area (Å²) in [6.45, 7) is 10.8. The highest BCUT2D eigenvalue weighted by atomic mass is 16.6. The van der Waals surface area contributed by atoms with Gasteiger partial charge in [-0.2, -0.15) is 0 Å². The van der Waals surface area contributed by atoms with Gasteiger partial charge in [0.15, 0.2) is 0 Å². The van der Waals surface area contributed by atoms with Crippen LogP contribution in [0, 0.1) is 16.7 Å². The van der Waals surface area contributed by atoms with Gasteiger partial charge in [0.2, 0.25) is 17.6 Å². The Balaban J connectivity index is 1.33. The topological polar surface area (TPSA) is 113 Å². The van der Waals surface area contributed by atoms with Gasteiger partial charge in [-0.25, -0.2) is 19.8 Å². The minimum Gasteiger partial charge on any atom is -0.363 e. The van der Waals surface area contributed by atoms with E-state index in [-0.39, 0.29) is 11.7 Å². The third-order valence-corrected chi connectivity index (χ3v) is 7.15. The fraction of sp³-hybridized carbons (Fsp3) is 0.500. The zero-order chi connectivity index (χ0) is 25.4. The molecule has 2 saturated heterocycles. The molecule has 2 aliphatic heterocycles. The lowest BCUT2D eigenvalue weighted by molar-refractivity contribution is -0.384. The maximum Gasteiger partial charge on any atom is 0.271 e. The number of aromatic nitrogens is 4. The minimum absolute atomic E-state index is 0.0380. The molecule has 0 saturated carbocycles. The molecule has 1 N–H and O–H groups in total. The van der Waals surface area contributed by atoms with Crippen LogP contribution in [0.3, 0.4) is 0 Å². The zero-order valence-electron chi connectivity index (χ0n) is 20.8. The average molecular weight is 491 g/mol. The van der Waals surface area contributed by atoms with Gasteiger partial charge in [0.25, 0.3) is 5.69 Å². The summed E-state index contributed by atoms with van der Waals surface area (Å²) in [6, 6.07) is 5.32. The van der Waals surface area contributed by atoms with Crippen LogP contribution in [0.2, 0.25) is 0 Å². The number of aryl methyl sites for hydroxylation is 1. The Bertz CT molecular complexity index is 1330. The maximum atomic E-state index is 11.2. The van der Waals surface area contributed by atoms with Crippen LogP contribution in [0.15, 0.2) is 24.4 Å². The van der Waals surface area contributed by atoms with Gasteiger partial charge in [-0.15, -0.1) is 0 Å². The van der Waals surface area contributed by atoms with Crippen LogP contribution in [0.5, 0.6) is 0 Å². The van der Waals surface area contributed by atoms with Crippen molar-refractivity contribution in [2.45, 2.75) is 31.3 Å². The Morgan fingerprint density at radius 3 is 2.75 bits per heavy atom. The molecule has 0 bridgehead atoms. The molecule has 188 valence electrons. The second kappa shape index (κ2) is 9.58. The number of piperidine rings is 1. The number of likely N-dealkylation sites (N-methyl/N-ethyl adjacent to an activating group) is 1. The first-order valence-electron chi connectivity index (χ1n) is 12.1. The van der Waals surface area contributed by atoms with Gasteiger partial charge < -0.3 is 24.6 Å². The third-order valence-electron chi connectivity index (χ3n) is 7.15. The monoisotopic (exact) mass is 490 g/mol. The summed E-state index contributed by atoms with van der Waals surface area (Å²) >= 11 is 0. The number of non-ortho nitro benzene ring substituents is 1. The van der Waals surface area contributed by atoms with E-state index >= 15 is 0 Å². The first-order valence-corrected chi connectivity index (χ1v) is 12.1. The molecule has 36 heavy (non-hydrogen) atoms. The van der Waals surface area contributed by atoms with Crippen LogP contribution in [0.25, 0.3) is 15.9 Å². The fourth-order valence-corrected chi connectivity index (χ4v) is 5.13. The molecular weight excluding hydrogens is 460 g/mol. The smallest absolute Gasteiger partial charge is 0.271 e. The molecule has 1 aromatic carbocycles. The summed E-state index contributed by atoms with van der Waals surface area (Å²) in [7, 11) is 6.10. The Hall–Kier alpha value is -3.98. The van der Waals surface area contributed by atoms with Crippen LogP contribution in [0.1, 0.15) is 19.3 Å². The van der Waals surface area contributed by atoms with Crippen molar-refractivity contribution in [1.29, 1.82) is 0 Å². The quantitative estimate of drug-likeness (QED) is 0.316. The van der Waals surface area contributed by atoms with E-state index < -0.39 is 4.92 Å². The van der Waals surface area contributed by atoms with Crippen molar-refractivity contribution in [3.05, 3.63) is 45.9 Å². The molecule has 12 heteroatoms. The largest absolute Gasteiger partial charge is 0.363 e. The van der Waals surface area contributed by atoms with Crippen molar-refractivity contribution in [3.63, 3.8) is 0 Å². The number of rotatable bonds is 6. The number of nitro benzene ring substituents is 1. The van der Waals surface area contributed by atoms with E-state index in [0.29, 0.717) is 35.6 Å². The van der Waals surface area contributed by atoms with Gasteiger partial charge in [0, 0.05) is 63.6 Å². The molecule has 2 fully saturated rings. The van der Waals surface area contributed by atoms with E-state index in [2.05, 4.69) is 43.9 Å². The summed E-state index contributed by atoms with van der Waals surface area (Å²) in [5, 5.41) is 14.6. The summed E-state index contributed by atoms with van der Waals surface area (Å²) in [5.41, 5.74) is 1.98. The van der Waals surface area contributed by atoms with E-state index in [0.717, 1.165) is 50.4 Å². The van der Waals surface area contributed by atoms with Crippen molar-refractivity contribution in [3.8, 4) is 0 Å². The van der Waals surface area contributed by atoms with Crippen molar-refractivity contribution in [1.82, 2.24) is 24.4 Å². The number of fused-ring (bicyclic) bond motifs is 1. The summed E-state index contributed by atoms with van der Waals surface area (Å²) in [4.78, 5) is 34.9. The number of benzene rings is 1. The Morgan fingerprint density at radius 1 is 1.19 bits per heavy atom. The van der Waals surface area contributed by atoms with Gasteiger partial charge in [0.05, 0.1) is 22.5 Å². The van der Waals surface area contributed by atoms with Crippen molar-refractivity contribution < 1.29 is 4.92 Å². The molecule has 0 spiro atoms. The maximum absolute atomic E-state index is 11.2. The van der Waals surface area contributed by atoms with E-state index in [9.17, 15) is 10.1 Å². The first-order chi connectivity index (χ1) is 17.3. The van der Waals surface area contributed by atoms with Crippen molar-refractivity contribution >= 4 is 40.1 Å².